The van der Waals surface area contributed by atoms with Gasteiger partial charge in [-0.05, 0) is 43.3 Å². The minimum atomic E-state index is -1.70. The SMILES string of the molecule is Fc1nc(F)c(F)c(Sc2nnc(CN3CCCC3)n2Cc2ccccc2)c1F. The minimum Gasteiger partial charge on any atom is -0.300 e. The second-order valence-electron chi connectivity index (χ2n) is 6.71. The first-order valence-corrected chi connectivity index (χ1v) is 9.91. The van der Waals surface area contributed by atoms with E-state index in [0.717, 1.165) is 31.5 Å². The van der Waals surface area contributed by atoms with Crippen LogP contribution in [0.15, 0.2) is 40.4 Å². The van der Waals surface area contributed by atoms with E-state index < -0.39 is 28.4 Å². The summed E-state index contributed by atoms with van der Waals surface area (Å²) in [4.78, 5) is 3.98. The molecule has 3 heterocycles. The lowest BCUT2D eigenvalue weighted by Gasteiger charge is -2.16. The average Bonchev–Trinajstić information content (AvgIpc) is 3.36. The highest BCUT2D eigenvalue weighted by Gasteiger charge is 2.25. The molecule has 0 saturated carbocycles. The summed E-state index contributed by atoms with van der Waals surface area (Å²) in [5.41, 5.74) is 0.935. The Balaban J connectivity index is 1.70. The third kappa shape index (κ3) is 4.27. The molecule has 0 radical (unpaired) electrons. The van der Waals surface area contributed by atoms with Crippen LogP contribution in [0.1, 0.15) is 24.2 Å². The fourth-order valence-corrected chi connectivity index (χ4v) is 4.12. The number of nitrogens with zero attached hydrogens (tertiary/aromatic N) is 5. The summed E-state index contributed by atoms with van der Waals surface area (Å²) >= 11 is 0.495. The first-order chi connectivity index (χ1) is 14.0. The van der Waals surface area contributed by atoms with E-state index in [4.69, 9.17) is 0 Å². The number of likely N-dealkylation sites (tertiary alicyclic amines) is 1. The Hall–Kier alpha value is -2.46. The molecule has 3 aromatic rings. The van der Waals surface area contributed by atoms with Crippen LogP contribution in [0.2, 0.25) is 0 Å². The normalized spacial score (nSPS) is 14.6. The molecule has 29 heavy (non-hydrogen) atoms. The molecule has 1 fully saturated rings. The molecule has 1 aliphatic heterocycles. The number of benzene rings is 1. The van der Waals surface area contributed by atoms with E-state index in [1.165, 1.54) is 0 Å². The lowest BCUT2D eigenvalue weighted by Crippen LogP contribution is -2.21. The Bertz CT molecular complexity index is 979. The summed E-state index contributed by atoms with van der Waals surface area (Å²) < 4.78 is 56.9. The third-order valence-corrected chi connectivity index (χ3v) is 5.74. The maximum Gasteiger partial charge on any atom is 0.252 e. The predicted molar refractivity (Wildman–Crippen MR) is 98.3 cm³/mol. The fraction of sp³-hybridized carbons (Fsp3) is 0.316. The standard InChI is InChI=1S/C19H17F4N5S/c20-14-16(15(21)18(23)24-17(14)22)29-19-26-25-13(11-27-8-4-5-9-27)28(19)10-12-6-2-1-3-7-12/h1-3,6-7H,4-5,8-11H2. The van der Waals surface area contributed by atoms with Crippen molar-refractivity contribution >= 4 is 11.8 Å². The van der Waals surface area contributed by atoms with Gasteiger partial charge in [-0.15, -0.1) is 10.2 Å². The van der Waals surface area contributed by atoms with Gasteiger partial charge < -0.3 is 4.57 Å². The molecule has 10 heteroatoms. The second kappa shape index (κ2) is 8.50. The Kier molecular flexibility index (Phi) is 5.81. The number of halogens is 4. The monoisotopic (exact) mass is 423 g/mol. The van der Waals surface area contributed by atoms with Crippen LogP contribution in [-0.2, 0) is 13.1 Å². The zero-order chi connectivity index (χ0) is 20.4. The summed E-state index contributed by atoms with van der Waals surface area (Å²) in [5.74, 6) is -5.88. The van der Waals surface area contributed by atoms with Crippen LogP contribution in [0, 0.1) is 23.5 Å². The number of aromatic nitrogens is 4. The molecule has 1 aliphatic rings. The summed E-state index contributed by atoms with van der Waals surface area (Å²) in [7, 11) is 0. The van der Waals surface area contributed by atoms with Crippen molar-refractivity contribution in [2.75, 3.05) is 13.1 Å². The van der Waals surface area contributed by atoms with Crippen LogP contribution in [0.3, 0.4) is 0 Å². The van der Waals surface area contributed by atoms with Gasteiger partial charge in [0.2, 0.25) is 0 Å². The quantitative estimate of drug-likeness (QED) is 0.443. The van der Waals surface area contributed by atoms with Crippen molar-refractivity contribution in [2.45, 2.75) is 36.0 Å². The van der Waals surface area contributed by atoms with Crippen molar-refractivity contribution in [1.82, 2.24) is 24.6 Å². The van der Waals surface area contributed by atoms with Gasteiger partial charge in [0.25, 0.3) is 11.9 Å². The molecule has 0 N–H and O–H groups in total. The second-order valence-corrected chi connectivity index (χ2v) is 7.68. The van der Waals surface area contributed by atoms with Gasteiger partial charge >= 0.3 is 0 Å². The van der Waals surface area contributed by atoms with Crippen LogP contribution >= 0.6 is 11.8 Å². The van der Waals surface area contributed by atoms with Crippen LogP contribution in [-0.4, -0.2) is 37.7 Å². The zero-order valence-electron chi connectivity index (χ0n) is 15.3. The average molecular weight is 423 g/mol. The molecule has 0 aliphatic carbocycles. The van der Waals surface area contributed by atoms with Gasteiger partial charge in [-0.2, -0.15) is 13.8 Å². The molecule has 0 spiro atoms. The van der Waals surface area contributed by atoms with Crippen molar-refractivity contribution in [3.05, 3.63) is 65.2 Å². The highest BCUT2D eigenvalue weighted by molar-refractivity contribution is 7.99. The third-order valence-electron chi connectivity index (χ3n) is 4.69. The van der Waals surface area contributed by atoms with Crippen molar-refractivity contribution in [3.63, 3.8) is 0 Å². The lowest BCUT2D eigenvalue weighted by atomic mass is 10.2. The molecule has 1 saturated heterocycles. The lowest BCUT2D eigenvalue weighted by molar-refractivity contribution is 0.316. The molecule has 152 valence electrons. The largest absolute Gasteiger partial charge is 0.300 e. The van der Waals surface area contributed by atoms with E-state index in [0.29, 0.717) is 30.7 Å². The molecule has 0 unspecified atom stereocenters. The van der Waals surface area contributed by atoms with Gasteiger partial charge in [0.15, 0.2) is 16.8 Å². The molecule has 2 aromatic heterocycles. The minimum absolute atomic E-state index is 0.144. The van der Waals surface area contributed by atoms with Gasteiger partial charge in [-0.3, -0.25) is 4.90 Å². The van der Waals surface area contributed by atoms with E-state index in [2.05, 4.69) is 20.1 Å². The highest BCUT2D eigenvalue weighted by Crippen LogP contribution is 2.33. The maximum atomic E-state index is 14.1. The van der Waals surface area contributed by atoms with Crippen LogP contribution in [0.5, 0.6) is 0 Å². The summed E-state index contributed by atoms with van der Waals surface area (Å²) in [6.07, 6.45) is 2.20. The topological polar surface area (TPSA) is 46.8 Å². The summed E-state index contributed by atoms with van der Waals surface area (Å²) in [6.45, 7) is 2.76. The molecular weight excluding hydrogens is 406 g/mol. The number of hydrogen-bond acceptors (Lipinski definition) is 5. The molecule has 0 atom stereocenters. The van der Waals surface area contributed by atoms with E-state index in [1.54, 1.807) is 4.57 Å². The van der Waals surface area contributed by atoms with E-state index in [1.807, 2.05) is 30.3 Å². The van der Waals surface area contributed by atoms with E-state index in [9.17, 15) is 17.6 Å². The van der Waals surface area contributed by atoms with Crippen molar-refractivity contribution in [3.8, 4) is 0 Å². The summed E-state index contributed by atoms with van der Waals surface area (Å²) in [6, 6.07) is 9.44. The summed E-state index contributed by atoms with van der Waals surface area (Å²) in [5, 5.41) is 8.36. The first-order valence-electron chi connectivity index (χ1n) is 9.09. The Morgan fingerprint density at radius 2 is 1.52 bits per heavy atom. The predicted octanol–water partition coefficient (Wildman–Crippen LogP) is 4.02. The maximum absolute atomic E-state index is 14.1. The fourth-order valence-electron chi connectivity index (χ4n) is 3.23. The van der Waals surface area contributed by atoms with Crippen LogP contribution in [0.4, 0.5) is 17.6 Å². The smallest absolute Gasteiger partial charge is 0.252 e. The van der Waals surface area contributed by atoms with Gasteiger partial charge in [0, 0.05) is 0 Å². The number of hydrogen-bond donors (Lipinski definition) is 0. The number of rotatable bonds is 6. The van der Waals surface area contributed by atoms with Gasteiger partial charge in [0.05, 0.1) is 18.0 Å². The molecular formula is C19H17F4N5S. The van der Waals surface area contributed by atoms with Crippen LogP contribution < -0.4 is 0 Å². The Morgan fingerprint density at radius 3 is 2.17 bits per heavy atom. The van der Waals surface area contributed by atoms with E-state index >= 15 is 0 Å². The van der Waals surface area contributed by atoms with Gasteiger partial charge in [-0.25, -0.2) is 8.78 Å². The first kappa shape index (κ1) is 19.8. The van der Waals surface area contributed by atoms with Crippen molar-refractivity contribution < 1.29 is 17.6 Å². The van der Waals surface area contributed by atoms with Crippen LogP contribution in [0.25, 0.3) is 0 Å². The van der Waals surface area contributed by atoms with Gasteiger partial charge in [-0.1, -0.05) is 30.3 Å². The van der Waals surface area contributed by atoms with Crippen molar-refractivity contribution in [1.29, 1.82) is 0 Å². The van der Waals surface area contributed by atoms with Crippen molar-refractivity contribution in [2.24, 2.45) is 0 Å². The highest BCUT2D eigenvalue weighted by atomic mass is 32.2. The van der Waals surface area contributed by atoms with E-state index in [-0.39, 0.29) is 5.16 Å². The molecule has 0 bridgehead atoms. The Labute approximate surface area is 168 Å². The molecule has 0 amide bonds. The molecule has 1 aromatic carbocycles. The Morgan fingerprint density at radius 1 is 0.862 bits per heavy atom. The number of pyridine rings is 1. The molecule has 4 rings (SSSR count). The molecule has 5 nitrogen and oxygen atoms in total. The van der Waals surface area contributed by atoms with Gasteiger partial charge in [0.1, 0.15) is 5.82 Å². The zero-order valence-corrected chi connectivity index (χ0v) is 16.1.